The van der Waals surface area contributed by atoms with E-state index in [2.05, 4.69) is 10.2 Å². The second-order valence-corrected chi connectivity index (χ2v) is 6.15. The van der Waals surface area contributed by atoms with E-state index in [0.717, 1.165) is 5.39 Å². The number of carbonyl (C=O) groups excluding carboxylic acids is 1. The summed E-state index contributed by atoms with van der Waals surface area (Å²) >= 11 is 1.32. The molecule has 3 aromatic heterocycles. The molecule has 0 saturated carbocycles. The number of benzene rings is 1. The van der Waals surface area contributed by atoms with Gasteiger partial charge < -0.3 is 13.4 Å². The second-order valence-electron chi connectivity index (χ2n) is 5.20. The predicted molar refractivity (Wildman–Crippen MR) is 90.0 cm³/mol. The number of fused-ring (bicyclic) bond motifs is 1. The normalized spacial score (nSPS) is 11.2. The second kappa shape index (κ2) is 6.01. The van der Waals surface area contributed by atoms with Crippen LogP contribution < -0.4 is 0 Å². The van der Waals surface area contributed by atoms with Gasteiger partial charge in [0.2, 0.25) is 5.78 Å². The van der Waals surface area contributed by atoms with E-state index in [0.29, 0.717) is 28.1 Å². The Balaban J connectivity index is 1.49. The molecule has 0 spiro atoms. The highest BCUT2D eigenvalue weighted by Gasteiger charge is 2.17. The van der Waals surface area contributed by atoms with Gasteiger partial charge >= 0.3 is 0 Å². The van der Waals surface area contributed by atoms with Crippen LogP contribution in [-0.2, 0) is 7.05 Å². The molecule has 0 N–H and O–H groups in total. The maximum atomic E-state index is 12.3. The zero-order valence-corrected chi connectivity index (χ0v) is 13.6. The van der Waals surface area contributed by atoms with Gasteiger partial charge in [0.15, 0.2) is 22.5 Å². The molecule has 120 valence electrons. The van der Waals surface area contributed by atoms with Gasteiger partial charge in [0.05, 0.1) is 12.0 Å². The fourth-order valence-corrected chi connectivity index (χ4v) is 3.16. The van der Waals surface area contributed by atoms with Gasteiger partial charge in [0.1, 0.15) is 5.58 Å². The maximum absolute atomic E-state index is 12.3. The molecule has 4 rings (SSSR count). The van der Waals surface area contributed by atoms with Gasteiger partial charge in [0, 0.05) is 12.4 Å². The van der Waals surface area contributed by atoms with Crippen molar-refractivity contribution in [1.29, 1.82) is 0 Å². The Hall–Kier alpha value is -2.80. The van der Waals surface area contributed by atoms with Crippen LogP contribution >= 0.6 is 11.8 Å². The first-order chi connectivity index (χ1) is 11.7. The molecule has 0 amide bonds. The van der Waals surface area contributed by atoms with Gasteiger partial charge in [-0.05, 0) is 24.3 Å². The summed E-state index contributed by atoms with van der Waals surface area (Å²) in [6.45, 7) is 0. The lowest BCUT2D eigenvalue weighted by atomic mass is 10.2. The molecule has 0 unspecified atom stereocenters. The number of Topliss-reactive ketones (excluding diaryl/α,β-unsaturated/α-hetero) is 1. The molecule has 4 aromatic rings. The SMILES string of the molecule is Cn1c(SCC(=O)c2cc3ccccc3o2)nnc1-c1ccco1. The number of hydrogen-bond acceptors (Lipinski definition) is 6. The van der Waals surface area contributed by atoms with E-state index >= 15 is 0 Å². The van der Waals surface area contributed by atoms with E-state index in [1.54, 1.807) is 23.0 Å². The van der Waals surface area contributed by atoms with Gasteiger partial charge in [0.25, 0.3) is 0 Å². The van der Waals surface area contributed by atoms with Gasteiger partial charge in [-0.25, -0.2) is 0 Å². The summed E-state index contributed by atoms with van der Waals surface area (Å²) in [6, 6.07) is 12.9. The lowest BCUT2D eigenvalue weighted by Crippen LogP contribution is -2.02. The maximum Gasteiger partial charge on any atom is 0.208 e. The van der Waals surface area contributed by atoms with Crippen LogP contribution in [0.25, 0.3) is 22.6 Å². The van der Waals surface area contributed by atoms with Crippen LogP contribution in [0.3, 0.4) is 0 Å². The third-order valence-electron chi connectivity index (χ3n) is 3.61. The molecule has 0 fully saturated rings. The lowest BCUT2D eigenvalue weighted by molar-refractivity contribution is 0.0994. The molecule has 0 radical (unpaired) electrons. The molecule has 24 heavy (non-hydrogen) atoms. The Morgan fingerprint density at radius 1 is 1.21 bits per heavy atom. The smallest absolute Gasteiger partial charge is 0.208 e. The number of aromatic nitrogens is 3. The highest BCUT2D eigenvalue weighted by Crippen LogP contribution is 2.25. The number of hydrogen-bond donors (Lipinski definition) is 0. The van der Waals surface area contributed by atoms with Crippen LogP contribution in [0.5, 0.6) is 0 Å². The Morgan fingerprint density at radius 3 is 2.88 bits per heavy atom. The molecule has 7 heteroatoms. The molecule has 0 aliphatic rings. The fourth-order valence-electron chi connectivity index (χ4n) is 2.38. The molecular weight excluding hydrogens is 326 g/mol. The number of carbonyl (C=O) groups is 1. The molecule has 0 aliphatic carbocycles. The molecule has 0 atom stereocenters. The summed E-state index contributed by atoms with van der Waals surface area (Å²) in [5.74, 6) is 1.76. The highest BCUT2D eigenvalue weighted by atomic mass is 32.2. The van der Waals surface area contributed by atoms with Gasteiger partial charge in [-0.1, -0.05) is 30.0 Å². The average Bonchev–Trinajstić information content (AvgIpc) is 3.32. The summed E-state index contributed by atoms with van der Waals surface area (Å²) in [5, 5.41) is 9.79. The van der Waals surface area contributed by atoms with Crippen LogP contribution in [0, 0.1) is 0 Å². The Labute approximate surface area is 141 Å². The van der Waals surface area contributed by atoms with E-state index in [1.165, 1.54) is 11.8 Å². The minimum atomic E-state index is -0.0845. The minimum absolute atomic E-state index is 0.0845. The van der Waals surface area contributed by atoms with Crippen LogP contribution in [0.15, 0.2) is 62.7 Å². The number of rotatable bonds is 5. The first kappa shape index (κ1) is 14.8. The van der Waals surface area contributed by atoms with Crippen LogP contribution in [-0.4, -0.2) is 26.3 Å². The quantitative estimate of drug-likeness (QED) is 0.407. The van der Waals surface area contributed by atoms with E-state index in [4.69, 9.17) is 8.83 Å². The Bertz CT molecular complexity index is 968. The fraction of sp³-hybridized carbons (Fsp3) is 0.118. The standard InChI is InChI=1S/C17H13N3O3S/c1-20-16(14-7-4-8-22-14)18-19-17(20)24-10-12(21)15-9-11-5-2-3-6-13(11)23-15/h2-9H,10H2,1H3. The van der Waals surface area contributed by atoms with E-state index < -0.39 is 0 Å². The average molecular weight is 339 g/mol. The third kappa shape index (κ3) is 2.63. The van der Waals surface area contributed by atoms with E-state index in [9.17, 15) is 4.79 Å². The molecule has 3 heterocycles. The van der Waals surface area contributed by atoms with Gasteiger partial charge in [-0.3, -0.25) is 4.79 Å². The largest absolute Gasteiger partial charge is 0.461 e. The van der Waals surface area contributed by atoms with Crippen LogP contribution in [0.4, 0.5) is 0 Å². The number of nitrogens with zero attached hydrogens (tertiary/aromatic N) is 3. The Morgan fingerprint density at radius 2 is 2.08 bits per heavy atom. The lowest BCUT2D eigenvalue weighted by Gasteiger charge is -2.01. The summed E-state index contributed by atoms with van der Waals surface area (Å²) in [4.78, 5) is 12.3. The summed E-state index contributed by atoms with van der Waals surface area (Å²) in [5.41, 5.74) is 0.713. The number of thioether (sulfide) groups is 1. The van der Waals surface area contributed by atoms with Crippen molar-refractivity contribution >= 4 is 28.5 Å². The number of ketones is 1. The molecule has 0 saturated heterocycles. The monoisotopic (exact) mass is 339 g/mol. The summed E-state index contributed by atoms with van der Waals surface area (Å²) in [6.07, 6.45) is 1.59. The van der Waals surface area contributed by atoms with Crippen molar-refractivity contribution in [3.05, 3.63) is 54.5 Å². The zero-order chi connectivity index (χ0) is 16.5. The number of para-hydroxylation sites is 1. The van der Waals surface area contributed by atoms with Crippen molar-refractivity contribution in [3.63, 3.8) is 0 Å². The van der Waals surface area contributed by atoms with Crippen molar-refractivity contribution in [3.8, 4) is 11.6 Å². The van der Waals surface area contributed by atoms with Crippen molar-refractivity contribution < 1.29 is 13.6 Å². The van der Waals surface area contributed by atoms with Crippen molar-refractivity contribution in [1.82, 2.24) is 14.8 Å². The van der Waals surface area contributed by atoms with Crippen molar-refractivity contribution in [2.45, 2.75) is 5.16 Å². The van der Waals surface area contributed by atoms with Gasteiger partial charge in [-0.2, -0.15) is 0 Å². The zero-order valence-electron chi connectivity index (χ0n) is 12.8. The molecule has 1 aromatic carbocycles. The number of furan rings is 2. The predicted octanol–water partition coefficient (Wildman–Crippen LogP) is 3.80. The van der Waals surface area contributed by atoms with E-state index in [1.807, 2.05) is 37.4 Å². The first-order valence-corrected chi connectivity index (χ1v) is 8.29. The molecule has 0 bridgehead atoms. The van der Waals surface area contributed by atoms with Crippen molar-refractivity contribution in [2.75, 3.05) is 5.75 Å². The van der Waals surface area contributed by atoms with Gasteiger partial charge in [-0.15, -0.1) is 10.2 Å². The Kier molecular flexibility index (Phi) is 3.70. The van der Waals surface area contributed by atoms with E-state index in [-0.39, 0.29) is 11.5 Å². The highest BCUT2D eigenvalue weighted by molar-refractivity contribution is 7.99. The van der Waals surface area contributed by atoms with Crippen LogP contribution in [0.2, 0.25) is 0 Å². The van der Waals surface area contributed by atoms with Crippen molar-refractivity contribution in [2.24, 2.45) is 7.05 Å². The summed E-state index contributed by atoms with van der Waals surface area (Å²) in [7, 11) is 1.84. The molecular formula is C17H13N3O3S. The molecule has 6 nitrogen and oxygen atoms in total. The first-order valence-electron chi connectivity index (χ1n) is 7.30. The third-order valence-corrected chi connectivity index (χ3v) is 4.63. The summed E-state index contributed by atoms with van der Waals surface area (Å²) < 4.78 is 12.7. The minimum Gasteiger partial charge on any atom is -0.461 e. The molecule has 0 aliphatic heterocycles. The van der Waals surface area contributed by atoms with Crippen LogP contribution in [0.1, 0.15) is 10.6 Å². The topological polar surface area (TPSA) is 74.1 Å².